The first-order chi connectivity index (χ1) is 15.9. The molecule has 0 radical (unpaired) electrons. The van der Waals surface area contributed by atoms with Gasteiger partial charge in [-0.25, -0.2) is 0 Å². The maximum atomic E-state index is 2.45. The number of hydrogen-bond donors (Lipinski definition) is 0. The topological polar surface area (TPSA) is 0 Å². The molecule has 0 N–H and O–H groups in total. The minimum absolute atomic E-state index is 1.30. The predicted molar refractivity (Wildman–Crippen MR) is 150 cm³/mol. The fraction of sp³-hybridized carbons (Fsp3) is 0.875. The molecule has 0 aromatic carbocycles. The molecule has 0 amide bonds. The van der Waals surface area contributed by atoms with Gasteiger partial charge in [0.1, 0.15) is 0 Å². The zero-order valence-electron chi connectivity index (χ0n) is 22.7. The molecular formula is C32H62. The van der Waals surface area contributed by atoms with E-state index >= 15 is 0 Å². The molecule has 0 fully saturated rings. The van der Waals surface area contributed by atoms with Gasteiger partial charge in [-0.15, -0.1) is 0 Å². The monoisotopic (exact) mass is 446 g/mol. The number of unbranched alkanes of at least 4 members (excludes halogenated alkanes) is 23. The van der Waals surface area contributed by atoms with E-state index in [1.165, 1.54) is 167 Å². The van der Waals surface area contributed by atoms with Crippen molar-refractivity contribution < 1.29 is 0 Å². The van der Waals surface area contributed by atoms with Crippen LogP contribution < -0.4 is 0 Å². The zero-order chi connectivity index (χ0) is 23.2. The molecule has 0 spiro atoms. The van der Waals surface area contributed by atoms with Gasteiger partial charge in [-0.3, -0.25) is 0 Å². The summed E-state index contributed by atoms with van der Waals surface area (Å²) in [6.45, 7) is 4.59. The molecule has 0 unspecified atom stereocenters. The molecular weight excluding hydrogens is 384 g/mol. The lowest BCUT2D eigenvalue weighted by Gasteiger charge is -2.01. The molecule has 0 aromatic rings. The summed E-state index contributed by atoms with van der Waals surface area (Å²) in [6, 6.07) is 0. The highest BCUT2D eigenvalue weighted by Crippen LogP contribution is 2.13. The predicted octanol–water partition coefficient (Wildman–Crippen LogP) is 12.3. The van der Waals surface area contributed by atoms with E-state index in [1.54, 1.807) is 0 Å². The van der Waals surface area contributed by atoms with E-state index in [4.69, 9.17) is 0 Å². The Hall–Kier alpha value is -0.520. The Morgan fingerprint density at radius 3 is 0.656 bits per heavy atom. The molecule has 0 aliphatic rings. The molecule has 0 atom stereocenters. The lowest BCUT2D eigenvalue weighted by Crippen LogP contribution is -1.81. The van der Waals surface area contributed by atoms with Crippen LogP contribution in [0.2, 0.25) is 0 Å². The summed E-state index contributed by atoms with van der Waals surface area (Å²) < 4.78 is 0. The minimum atomic E-state index is 1.30. The van der Waals surface area contributed by atoms with Crippen LogP contribution in [-0.2, 0) is 0 Å². The summed E-state index contributed by atoms with van der Waals surface area (Å²) in [7, 11) is 0. The average Bonchev–Trinajstić information content (AvgIpc) is 2.81. The maximum Gasteiger partial charge on any atom is -0.0351 e. The van der Waals surface area contributed by atoms with Crippen LogP contribution in [0.1, 0.15) is 181 Å². The van der Waals surface area contributed by atoms with Crippen LogP contribution >= 0.6 is 0 Å². The third kappa shape index (κ3) is 29.5. The summed E-state index contributed by atoms with van der Waals surface area (Å²) in [6.07, 6.45) is 46.4. The highest BCUT2D eigenvalue weighted by molar-refractivity contribution is 4.82. The van der Waals surface area contributed by atoms with Crippen LogP contribution in [0.5, 0.6) is 0 Å². The van der Waals surface area contributed by atoms with Gasteiger partial charge >= 0.3 is 0 Å². The van der Waals surface area contributed by atoms with Crippen LogP contribution in [-0.4, -0.2) is 0 Å². The normalized spacial score (nSPS) is 11.9. The summed E-state index contributed by atoms with van der Waals surface area (Å²) in [5, 5.41) is 0. The van der Waals surface area contributed by atoms with E-state index < -0.39 is 0 Å². The van der Waals surface area contributed by atoms with Crippen molar-refractivity contribution in [3.05, 3.63) is 24.3 Å². The Kier molecular flexibility index (Phi) is 30.0. The van der Waals surface area contributed by atoms with E-state index in [0.29, 0.717) is 0 Å². The van der Waals surface area contributed by atoms with E-state index in [-0.39, 0.29) is 0 Å². The Morgan fingerprint density at radius 2 is 0.438 bits per heavy atom. The average molecular weight is 447 g/mol. The van der Waals surface area contributed by atoms with Gasteiger partial charge in [-0.2, -0.15) is 0 Å². The first-order valence-corrected chi connectivity index (χ1v) is 15.2. The third-order valence-electron chi connectivity index (χ3n) is 6.77. The number of rotatable bonds is 27. The van der Waals surface area contributed by atoms with Gasteiger partial charge in [-0.1, -0.05) is 154 Å². The zero-order valence-corrected chi connectivity index (χ0v) is 22.7. The fourth-order valence-corrected chi connectivity index (χ4v) is 4.50. The highest BCUT2D eigenvalue weighted by atomic mass is 14.0. The molecule has 0 aliphatic heterocycles. The van der Waals surface area contributed by atoms with E-state index in [1.807, 2.05) is 0 Å². The Bertz CT molecular complexity index is 364. The van der Waals surface area contributed by atoms with Crippen molar-refractivity contribution in [1.29, 1.82) is 0 Å². The van der Waals surface area contributed by atoms with Gasteiger partial charge in [0.25, 0.3) is 0 Å². The Morgan fingerprint density at radius 1 is 0.250 bits per heavy atom. The van der Waals surface area contributed by atoms with Gasteiger partial charge in [0.2, 0.25) is 0 Å². The maximum absolute atomic E-state index is 2.45. The van der Waals surface area contributed by atoms with Crippen LogP contribution in [0.3, 0.4) is 0 Å². The molecule has 0 aliphatic carbocycles. The molecule has 0 saturated heterocycles. The van der Waals surface area contributed by atoms with Gasteiger partial charge in [0.05, 0.1) is 0 Å². The quantitative estimate of drug-likeness (QED) is 0.0868. The molecule has 0 nitrogen and oxygen atoms in total. The molecule has 0 aromatic heterocycles. The van der Waals surface area contributed by atoms with Crippen LogP contribution in [0.4, 0.5) is 0 Å². The first-order valence-electron chi connectivity index (χ1n) is 15.2. The van der Waals surface area contributed by atoms with Crippen molar-refractivity contribution in [2.45, 2.75) is 181 Å². The van der Waals surface area contributed by atoms with E-state index in [9.17, 15) is 0 Å². The number of hydrogen-bond acceptors (Lipinski definition) is 0. The molecule has 0 bridgehead atoms. The Balaban J connectivity index is 3.12. The van der Waals surface area contributed by atoms with E-state index in [0.717, 1.165) is 0 Å². The van der Waals surface area contributed by atoms with Crippen molar-refractivity contribution in [3.63, 3.8) is 0 Å². The second-order valence-corrected chi connectivity index (χ2v) is 10.2. The van der Waals surface area contributed by atoms with Crippen molar-refractivity contribution in [2.24, 2.45) is 0 Å². The van der Waals surface area contributed by atoms with E-state index in [2.05, 4.69) is 38.2 Å². The van der Waals surface area contributed by atoms with Crippen LogP contribution in [0.15, 0.2) is 24.3 Å². The summed E-state index contributed by atoms with van der Waals surface area (Å²) >= 11 is 0. The van der Waals surface area contributed by atoms with Gasteiger partial charge in [0.15, 0.2) is 0 Å². The van der Waals surface area contributed by atoms with Crippen molar-refractivity contribution in [2.75, 3.05) is 0 Å². The highest BCUT2D eigenvalue weighted by Gasteiger charge is 1.93. The molecule has 0 heterocycles. The second kappa shape index (κ2) is 30.5. The standard InChI is InChI=1S/C32H62/c1-3-5-7-9-11-13-15-17-19-21-23-25-27-29-31-32-30-28-26-24-22-20-18-16-14-12-10-8-6-4-2/h17,19,26,28H,3-16,18,20-25,27,29-32H2,1-2H3. The lowest BCUT2D eigenvalue weighted by molar-refractivity contribution is 0.557. The fourth-order valence-electron chi connectivity index (χ4n) is 4.50. The van der Waals surface area contributed by atoms with Crippen molar-refractivity contribution >= 4 is 0 Å². The van der Waals surface area contributed by atoms with Gasteiger partial charge in [-0.05, 0) is 51.4 Å². The van der Waals surface area contributed by atoms with Crippen molar-refractivity contribution in [3.8, 4) is 0 Å². The Labute approximate surface area is 205 Å². The lowest BCUT2D eigenvalue weighted by atomic mass is 10.1. The molecule has 0 rings (SSSR count). The summed E-state index contributed by atoms with van der Waals surface area (Å²) in [5.41, 5.74) is 0. The largest absolute Gasteiger partial charge is 0.0885 e. The van der Waals surface area contributed by atoms with Crippen LogP contribution in [0, 0.1) is 0 Å². The third-order valence-corrected chi connectivity index (χ3v) is 6.77. The van der Waals surface area contributed by atoms with Gasteiger partial charge < -0.3 is 0 Å². The molecule has 0 heteroatoms. The smallest absolute Gasteiger partial charge is 0.0351 e. The first kappa shape index (κ1) is 31.5. The minimum Gasteiger partial charge on any atom is -0.0885 e. The molecule has 0 saturated carbocycles. The van der Waals surface area contributed by atoms with Gasteiger partial charge in [0, 0.05) is 0 Å². The van der Waals surface area contributed by atoms with Crippen LogP contribution in [0.25, 0.3) is 0 Å². The second-order valence-electron chi connectivity index (χ2n) is 10.2. The summed E-state index contributed by atoms with van der Waals surface area (Å²) in [5.74, 6) is 0. The molecule has 32 heavy (non-hydrogen) atoms. The number of allylic oxidation sites excluding steroid dienone is 4. The summed E-state index contributed by atoms with van der Waals surface area (Å²) in [4.78, 5) is 0. The molecule has 190 valence electrons. The SMILES string of the molecule is CCCCCCCCC=CCCCCCCCCC=CCCCCCCCCCCCC. The van der Waals surface area contributed by atoms with Crippen molar-refractivity contribution in [1.82, 2.24) is 0 Å².